The van der Waals surface area contributed by atoms with E-state index in [-0.39, 0.29) is 0 Å². The summed E-state index contributed by atoms with van der Waals surface area (Å²) in [6.45, 7) is 0. The summed E-state index contributed by atoms with van der Waals surface area (Å²) in [4.78, 5) is 15.7. The fraction of sp³-hybridized carbons (Fsp3) is 0. The summed E-state index contributed by atoms with van der Waals surface area (Å²) >= 11 is 1.85. The second-order valence-corrected chi connectivity index (χ2v) is 13.5. The zero-order valence-corrected chi connectivity index (χ0v) is 27.7. The number of nitrogens with zero attached hydrogens (tertiary/aromatic N) is 4. The Morgan fingerprint density at radius 3 is 1.58 bits per heavy atom. The molecule has 5 heteroatoms. The highest BCUT2D eigenvalue weighted by Gasteiger charge is 2.21. The lowest BCUT2D eigenvalue weighted by atomic mass is 10.0. The van der Waals surface area contributed by atoms with Gasteiger partial charge in [-0.15, -0.1) is 11.3 Å². The second kappa shape index (κ2) is 11.6. The first-order valence-electron chi connectivity index (χ1n) is 16.7. The van der Waals surface area contributed by atoms with Crippen LogP contribution in [-0.2, 0) is 0 Å². The van der Waals surface area contributed by atoms with Crippen LogP contribution in [0.25, 0.3) is 93.0 Å². The van der Waals surface area contributed by atoms with Gasteiger partial charge in [-0.3, -0.25) is 4.57 Å². The van der Waals surface area contributed by atoms with Gasteiger partial charge in [-0.1, -0.05) is 140 Å². The van der Waals surface area contributed by atoms with Gasteiger partial charge in [0.1, 0.15) is 0 Å². The molecule has 0 atom stereocenters. The predicted molar refractivity (Wildman–Crippen MR) is 209 cm³/mol. The van der Waals surface area contributed by atoms with Crippen molar-refractivity contribution in [3.63, 3.8) is 0 Å². The molecule has 3 aromatic heterocycles. The van der Waals surface area contributed by atoms with Crippen LogP contribution in [-0.4, -0.2) is 19.5 Å². The molecule has 0 radical (unpaired) electrons. The molecule has 0 N–H and O–H groups in total. The monoisotopic (exact) mass is 656 g/mol. The number of fused-ring (bicyclic) bond motifs is 7. The molecule has 0 spiro atoms. The van der Waals surface area contributed by atoms with Crippen molar-refractivity contribution < 1.29 is 0 Å². The van der Waals surface area contributed by atoms with Crippen LogP contribution in [0.2, 0.25) is 0 Å². The lowest BCUT2D eigenvalue weighted by Crippen LogP contribution is -2.06. The maximum Gasteiger partial charge on any atom is 0.238 e. The van der Waals surface area contributed by atoms with Crippen LogP contribution < -0.4 is 0 Å². The quantitative estimate of drug-likeness (QED) is 0.185. The molecule has 0 unspecified atom stereocenters. The highest BCUT2D eigenvalue weighted by atomic mass is 32.1. The second-order valence-electron chi connectivity index (χ2n) is 12.5. The molecule has 0 bridgehead atoms. The minimum Gasteiger partial charge on any atom is -0.278 e. The van der Waals surface area contributed by atoms with Crippen LogP contribution in [0.15, 0.2) is 170 Å². The van der Waals surface area contributed by atoms with Crippen LogP contribution in [0.5, 0.6) is 0 Å². The number of benzene rings is 7. The average molecular weight is 657 g/mol. The number of hydrogen-bond donors (Lipinski definition) is 0. The summed E-state index contributed by atoms with van der Waals surface area (Å²) in [6.07, 6.45) is 0. The molecular weight excluding hydrogens is 629 g/mol. The molecule has 0 amide bonds. The molecule has 0 saturated carbocycles. The number of thiophene rings is 1. The van der Waals surface area contributed by atoms with E-state index in [1.54, 1.807) is 0 Å². The summed E-state index contributed by atoms with van der Waals surface area (Å²) in [7, 11) is 0. The Morgan fingerprint density at radius 1 is 0.380 bits per heavy atom. The Labute approximate surface area is 292 Å². The smallest absolute Gasteiger partial charge is 0.238 e. The van der Waals surface area contributed by atoms with Crippen molar-refractivity contribution in [2.75, 3.05) is 0 Å². The fourth-order valence-electron chi connectivity index (χ4n) is 7.11. The first-order valence-corrected chi connectivity index (χ1v) is 17.5. The van der Waals surface area contributed by atoms with Crippen molar-refractivity contribution in [2.45, 2.75) is 0 Å². The molecular formula is C45H28N4S. The van der Waals surface area contributed by atoms with Crippen molar-refractivity contribution in [1.29, 1.82) is 0 Å². The SMILES string of the molecule is c1ccc(-c2cccc(-c3nc(-c4cccc(-c5ccccc5)c4)nc(-n4c5ccccc5c5c6sc7ccccc7c6ccc54)n3)c2)cc1. The Bertz CT molecular complexity index is 2770. The van der Waals surface area contributed by atoms with Gasteiger partial charge in [0.15, 0.2) is 11.6 Å². The lowest BCUT2D eigenvalue weighted by molar-refractivity contribution is 0.954. The average Bonchev–Trinajstić information content (AvgIpc) is 3.74. The van der Waals surface area contributed by atoms with Crippen molar-refractivity contribution >= 4 is 53.3 Å². The van der Waals surface area contributed by atoms with E-state index in [1.807, 2.05) is 23.5 Å². The maximum absolute atomic E-state index is 5.25. The molecule has 10 aromatic rings. The maximum atomic E-state index is 5.25. The minimum absolute atomic E-state index is 0.590. The van der Waals surface area contributed by atoms with Crippen molar-refractivity contribution in [3.8, 4) is 51.0 Å². The summed E-state index contributed by atoms with van der Waals surface area (Å²) in [6, 6.07) is 59.6. The summed E-state index contributed by atoms with van der Waals surface area (Å²) in [5.41, 5.74) is 8.52. The molecule has 10 rings (SSSR count). The van der Waals surface area contributed by atoms with E-state index in [4.69, 9.17) is 15.0 Å². The molecule has 0 aliphatic rings. The third kappa shape index (κ3) is 4.71. The molecule has 7 aromatic carbocycles. The molecule has 4 nitrogen and oxygen atoms in total. The van der Waals surface area contributed by atoms with E-state index in [0.29, 0.717) is 17.6 Å². The van der Waals surface area contributed by atoms with Crippen LogP contribution >= 0.6 is 11.3 Å². The molecule has 0 saturated heterocycles. The summed E-state index contributed by atoms with van der Waals surface area (Å²) < 4.78 is 4.78. The van der Waals surface area contributed by atoms with Crippen LogP contribution in [0.4, 0.5) is 0 Å². The lowest BCUT2D eigenvalue weighted by Gasteiger charge is -2.12. The zero-order valence-electron chi connectivity index (χ0n) is 26.9. The standard InChI is InChI=1S/C45H28N4S/c1-3-13-29(14-4-1)31-17-11-19-33(27-31)43-46-44(34-20-12-18-32(28-34)30-15-5-2-6-16-30)48-45(47-43)49-38-23-9-7-22-37(38)41-39(49)26-25-36-35-21-8-10-24-40(35)50-42(36)41/h1-28H. The number of aromatic nitrogens is 4. The Balaban J connectivity index is 1.24. The normalized spacial score (nSPS) is 11.6. The predicted octanol–water partition coefficient (Wildman–Crippen LogP) is 12.0. The molecule has 0 aliphatic heterocycles. The fourth-order valence-corrected chi connectivity index (χ4v) is 8.37. The molecule has 50 heavy (non-hydrogen) atoms. The van der Waals surface area contributed by atoms with Crippen molar-refractivity contribution in [1.82, 2.24) is 19.5 Å². The highest BCUT2D eigenvalue weighted by Crippen LogP contribution is 2.43. The Morgan fingerprint density at radius 2 is 0.920 bits per heavy atom. The van der Waals surface area contributed by atoms with E-state index in [2.05, 4.69) is 162 Å². The number of rotatable bonds is 5. The van der Waals surface area contributed by atoms with Gasteiger partial charge >= 0.3 is 0 Å². The number of para-hydroxylation sites is 1. The van der Waals surface area contributed by atoms with Crippen LogP contribution in [0, 0.1) is 0 Å². The minimum atomic E-state index is 0.590. The first-order chi connectivity index (χ1) is 24.8. The molecule has 0 aliphatic carbocycles. The van der Waals surface area contributed by atoms with E-state index in [9.17, 15) is 0 Å². The van der Waals surface area contributed by atoms with Gasteiger partial charge in [0.05, 0.1) is 11.0 Å². The van der Waals surface area contributed by atoms with Gasteiger partial charge < -0.3 is 0 Å². The molecule has 0 fully saturated rings. The van der Waals surface area contributed by atoms with Gasteiger partial charge in [-0.05, 0) is 52.6 Å². The molecule has 234 valence electrons. The van der Waals surface area contributed by atoms with Crippen molar-refractivity contribution in [3.05, 3.63) is 170 Å². The van der Waals surface area contributed by atoms with E-state index >= 15 is 0 Å². The van der Waals surface area contributed by atoms with Crippen LogP contribution in [0.3, 0.4) is 0 Å². The van der Waals surface area contributed by atoms with Crippen LogP contribution in [0.1, 0.15) is 0 Å². The third-order valence-electron chi connectivity index (χ3n) is 9.46. The molecule has 3 heterocycles. The zero-order chi connectivity index (χ0) is 33.0. The van der Waals surface area contributed by atoms with Gasteiger partial charge in [-0.2, -0.15) is 9.97 Å². The van der Waals surface area contributed by atoms with Gasteiger partial charge in [0, 0.05) is 42.1 Å². The van der Waals surface area contributed by atoms with Gasteiger partial charge in [-0.25, -0.2) is 4.98 Å². The van der Waals surface area contributed by atoms with E-state index < -0.39 is 0 Å². The summed E-state index contributed by atoms with van der Waals surface area (Å²) in [5, 5.41) is 4.96. The van der Waals surface area contributed by atoms with E-state index in [0.717, 1.165) is 44.4 Å². The Hall–Kier alpha value is -6.43. The van der Waals surface area contributed by atoms with Crippen molar-refractivity contribution in [2.24, 2.45) is 0 Å². The first kappa shape index (κ1) is 28.6. The summed E-state index contributed by atoms with van der Waals surface area (Å²) in [5.74, 6) is 1.84. The van der Waals surface area contributed by atoms with Gasteiger partial charge in [0.2, 0.25) is 5.95 Å². The number of hydrogen-bond acceptors (Lipinski definition) is 4. The third-order valence-corrected chi connectivity index (χ3v) is 10.7. The largest absolute Gasteiger partial charge is 0.278 e. The topological polar surface area (TPSA) is 43.6 Å². The van der Waals surface area contributed by atoms with E-state index in [1.165, 1.54) is 30.9 Å². The highest BCUT2D eigenvalue weighted by molar-refractivity contribution is 7.26. The van der Waals surface area contributed by atoms with Gasteiger partial charge in [0.25, 0.3) is 0 Å². The Kier molecular flexibility index (Phi) is 6.64.